The average molecular weight is 550 g/mol. The molecule has 1 unspecified atom stereocenters. The molecule has 3 heterocycles. The average Bonchev–Trinajstić information content (AvgIpc) is 2.86. The van der Waals surface area contributed by atoms with Crippen LogP contribution in [0.5, 0.6) is 0 Å². The normalized spacial score (nSPS) is 24.1. The predicted molar refractivity (Wildman–Crippen MR) is 132 cm³/mol. The third-order valence-corrected chi connectivity index (χ3v) is 7.80. The first-order chi connectivity index (χ1) is 16.8. The standard InChI is InChI=1S/C24H32BrN5O5/c1-15(17-2-4-18(25)5-3-17)27-23(34)28-10-12-29(13-11-28)24(35)30-20(22(32)33)19(21(30)31)14-16-6-8-26-9-7-16/h2-5,15-16,19-20,26H,6-14H2,1H3,(H,27,34)(H,32,33)/t15?,19-,20+/m1/s1. The molecule has 10 nitrogen and oxygen atoms in total. The molecule has 0 spiro atoms. The van der Waals surface area contributed by atoms with E-state index in [1.807, 2.05) is 31.2 Å². The van der Waals surface area contributed by atoms with E-state index in [1.54, 1.807) is 4.90 Å². The fourth-order valence-corrected chi connectivity index (χ4v) is 5.38. The Balaban J connectivity index is 1.29. The van der Waals surface area contributed by atoms with E-state index >= 15 is 0 Å². The van der Waals surface area contributed by atoms with Gasteiger partial charge in [0.2, 0.25) is 5.91 Å². The number of nitrogens with one attached hydrogen (secondary N) is 2. The molecule has 0 radical (unpaired) electrons. The van der Waals surface area contributed by atoms with Crippen LogP contribution in [0.3, 0.4) is 0 Å². The number of carbonyl (C=O) groups excluding carboxylic acids is 3. The summed E-state index contributed by atoms with van der Waals surface area (Å²) < 4.78 is 0.962. The Morgan fingerprint density at radius 1 is 1.09 bits per heavy atom. The van der Waals surface area contributed by atoms with Crippen LogP contribution in [0.4, 0.5) is 9.59 Å². The number of aliphatic carboxylic acids is 1. The summed E-state index contributed by atoms with van der Waals surface area (Å²) in [5.74, 6) is -1.89. The van der Waals surface area contributed by atoms with Gasteiger partial charge in [-0.2, -0.15) is 0 Å². The quantitative estimate of drug-likeness (QED) is 0.484. The fraction of sp³-hybridized carbons (Fsp3) is 0.583. The van der Waals surface area contributed by atoms with E-state index in [0.717, 1.165) is 40.9 Å². The maximum atomic E-state index is 13.0. The third-order valence-electron chi connectivity index (χ3n) is 7.27. The molecule has 0 aliphatic carbocycles. The summed E-state index contributed by atoms with van der Waals surface area (Å²) >= 11 is 3.40. The van der Waals surface area contributed by atoms with Gasteiger partial charge in [-0.15, -0.1) is 0 Å². The van der Waals surface area contributed by atoms with Crippen LogP contribution in [-0.4, -0.2) is 89.1 Å². The van der Waals surface area contributed by atoms with Gasteiger partial charge in [0.05, 0.1) is 12.0 Å². The van der Waals surface area contributed by atoms with Crippen molar-refractivity contribution in [3.8, 4) is 0 Å². The smallest absolute Gasteiger partial charge is 0.327 e. The topological polar surface area (TPSA) is 122 Å². The molecule has 3 aliphatic heterocycles. The SMILES string of the molecule is CC(NC(=O)N1CCN(C(=O)N2C(=O)[C@H](CC3CCNCC3)[C@H]2C(=O)O)CC1)c1ccc(Br)cc1. The molecule has 3 fully saturated rings. The number of carbonyl (C=O) groups is 4. The van der Waals surface area contributed by atoms with E-state index in [9.17, 15) is 24.3 Å². The number of benzene rings is 1. The predicted octanol–water partition coefficient (Wildman–Crippen LogP) is 2.26. The number of hydrogen-bond acceptors (Lipinski definition) is 5. The number of imide groups is 1. The lowest BCUT2D eigenvalue weighted by Gasteiger charge is -2.47. The first-order valence-electron chi connectivity index (χ1n) is 12.1. The molecule has 35 heavy (non-hydrogen) atoms. The number of likely N-dealkylation sites (tertiary alicyclic amines) is 1. The summed E-state index contributed by atoms with van der Waals surface area (Å²) in [4.78, 5) is 54.5. The number of piperidine rings is 1. The van der Waals surface area contributed by atoms with E-state index in [-0.39, 0.29) is 25.2 Å². The number of hydrogen-bond donors (Lipinski definition) is 3. The van der Waals surface area contributed by atoms with Crippen LogP contribution >= 0.6 is 15.9 Å². The van der Waals surface area contributed by atoms with E-state index in [4.69, 9.17) is 0 Å². The highest BCUT2D eigenvalue weighted by atomic mass is 79.9. The number of urea groups is 2. The van der Waals surface area contributed by atoms with E-state index in [0.29, 0.717) is 25.4 Å². The Hall–Kier alpha value is -2.66. The van der Waals surface area contributed by atoms with Gasteiger partial charge in [-0.05, 0) is 62.9 Å². The highest BCUT2D eigenvalue weighted by Gasteiger charge is 2.56. The number of carboxylic acid groups (broad SMARTS) is 1. The van der Waals surface area contributed by atoms with Gasteiger partial charge in [-0.3, -0.25) is 4.79 Å². The van der Waals surface area contributed by atoms with Crippen LogP contribution < -0.4 is 10.6 Å². The van der Waals surface area contributed by atoms with Gasteiger partial charge in [-0.1, -0.05) is 28.1 Å². The lowest BCUT2D eigenvalue weighted by atomic mass is 9.78. The largest absolute Gasteiger partial charge is 0.480 e. The second-order valence-corrected chi connectivity index (χ2v) is 10.4. The minimum atomic E-state index is -1.14. The zero-order valence-corrected chi connectivity index (χ0v) is 21.4. The molecular weight excluding hydrogens is 518 g/mol. The van der Waals surface area contributed by atoms with Crippen LogP contribution in [0.15, 0.2) is 28.7 Å². The molecular formula is C24H32BrN5O5. The number of halogens is 1. The van der Waals surface area contributed by atoms with Crippen LogP contribution in [0, 0.1) is 11.8 Å². The van der Waals surface area contributed by atoms with Gasteiger partial charge in [0.25, 0.3) is 0 Å². The van der Waals surface area contributed by atoms with Gasteiger partial charge in [0, 0.05) is 30.7 Å². The summed E-state index contributed by atoms with van der Waals surface area (Å²) in [5, 5.41) is 16.0. The molecule has 190 valence electrons. The van der Waals surface area contributed by atoms with E-state index in [2.05, 4.69) is 26.6 Å². The molecule has 3 aliphatic rings. The Labute approximate surface area is 213 Å². The molecule has 0 saturated carbocycles. The number of amides is 5. The molecule has 0 aromatic heterocycles. The molecule has 4 rings (SSSR count). The van der Waals surface area contributed by atoms with Crippen molar-refractivity contribution in [1.29, 1.82) is 0 Å². The summed E-state index contributed by atoms with van der Waals surface area (Å²) in [6, 6.07) is 5.62. The van der Waals surface area contributed by atoms with E-state index in [1.165, 1.54) is 4.90 Å². The zero-order chi connectivity index (χ0) is 25.1. The Kier molecular flexibility index (Phi) is 7.95. The van der Waals surface area contributed by atoms with Crippen LogP contribution in [0.25, 0.3) is 0 Å². The molecule has 5 amide bonds. The van der Waals surface area contributed by atoms with Gasteiger partial charge < -0.3 is 25.5 Å². The maximum Gasteiger partial charge on any atom is 0.327 e. The zero-order valence-electron chi connectivity index (χ0n) is 19.8. The van der Waals surface area contributed by atoms with E-state index < -0.39 is 29.9 Å². The van der Waals surface area contributed by atoms with Crippen molar-refractivity contribution < 1.29 is 24.3 Å². The summed E-state index contributed by atoms with van der Waals surface area (Å²) in [6.45, 7) is 4.74. The maximum absolute atomic E-state index is 13.0. The lowest BCUT2D eigenvalue weighted by Crippen LogP contribution is -2.69. The van der Waals surface area contributed by atoms with Crippen molar-refractivity contribution >= 4 is 39.9 Å². The number of β-lactam (4-membered cyclic amide) rings is 1. The van der Waals surface area contributed by atoms with Gasteiger partial charge >= 0.3 is 18.0 Å². The highest BCUT2D eigenvalue weighted by Crippen LogP contribution is 2.35. The Bertz CT molecular complexity index is 960. The van der Waals surface area contributed by atoms with Crippen molar-refractivity contribution in [3.05, 3.63) is 34.3 Å². The molecule has 0 bridgehead atoms. The fourth-order valence-electron chi connectivity index (χ4n) is 5.12. The van der Waals surface area contributed by atoms with Gasteiger partial charge in [0.1, 0.15) is 0 Å². The Morgan fingerprint density at radius 3 is 2.29 bits per heavy atom. The van der Waals surface area contributed by atoms with Gasteiger partial charge in [0.15, 0.2) is 6.04 Å². The highest BCUT2D eigenvalue weighted by molar-refractivity contribution is 9.10. The number of carboxylic acids is 1. The summed E-state index contributed by atoms with van der Waals surface area (Å²) in [5.41, 5.74) is 0.977. The van der Waals surface area contributed by atoms with Crippen molar-refractivity contribution in [2.75, 3.05) is 39.3 Å². The summed E-state index contributed by atoms with van der Waals surface area (Å²) in [6.07, 6.45) is 2.33. The monoisotopic (exact) mass is 549 g/mol. The van der Waals surface area contributed by atoms with Crippen LogP contribution in [0.1, 0.15) is 37.8 Å². The Morgan fingerprint density at radius 2 is 1.69 bits per heavy atom. The van der Waals surface area contributed by atoms with Crippen molar-refractivity contribution in [2.24, 2.45) is 11.8 Å². The van der Waals surface area contributed by atoms with Crippen LogP contribution in [0.2, 0.25) is 0 Å². The molecule has 1 aromatic rings. The number of nitrogens with zero attached hydrogens (tertiary/aromatic N) is 3. The molecule has 11 heteroatoms. The number of rotatable bonds is 5. The second-order valence-electron chi connectivity index (χ2n) is 9.51. The molecule has 3 saturated heterocycles. The lowest BCUT2D eigenvalue weighted by molar-refractivity contribution is -0.167. The van der Waals surface area contributed by atoms with Crippen LogP contribution in [-0.2, 0) is 9.59 Å². The first-order valence-corrected chi connectivity index (χ1v) is 12.9. The molecule has 3 N–H and O–H groups in total. The second kappa shape index (κ2) is 10.9. The first kappa shape index (κ1) is 25.4. The van der Waals surface area contributed by atoms with Crippen molar-refractivity contribution in [1.82, 2.24) is 25.3 Å². The summed E-state index contributed by atoms with van der Waals surface area (Å²) in [7, 11) is 0. The minimum absolute atomic E-state index is 0.179. The molecule has 1 aromatic carbocycles. The third kappa shape index (κ3) is 5.61. The molecule has 3 atom stereocenters. The van der Waals surface area contributed by atoms with Gasteiger partial charge in [-0.25, -0.2) is 19.3 Å². The minimum Gasteiger partial charge on any atom is -0.480 e. The van der Waals surface area contributed by atoms with Crippen molar-refractivity contribution in [3.63, 3.8) is 0 Å². The number of piperazine rings is 1. The van der Waals surface area contributed by atoms with Crippen molar-refractivity contribution in [2.45, 2.75) is 38.3 Å².